The second-order valence-corrected chi connectivity index (χ2v) is 6.33. The average Bonchev–Trinajstić information content (AvgIpc) is 2.78. The molecule has 0 aliphatic rings. The highest BCUT2D eigenvalue weighted by molar-refractivity contribution is 9.10. The molecule has 0 bridgehead atoms. The number of carbonyl (C=O) groups is 1. The van der Waals surface area contributed by atoms with Crippen LogP contribution >= 0.6 is 27.5 Å². The molecule has 2 aromatic heterocycles. The third-order valence-electron chi connectivity index (χ3n) is 3.39. The zero-order chi connectivity index (χ0) is 15.9. The molecule has 0 fully saturated rings. The summed E-state index contributed by atoms with van der Waals surface area (Å²) < 4.78 is 2.71. The topological polar surface area (TPSA) is 46.4 Å². The minimum atomic E-state index is -0.214. The molecule has 0 saturated carbocycles. The van der Waals surface area contributed by atoms with Crippen molar-refractivity contribution in [2.75, 3.05) is 5.32 Å². The fraction of sp³-hybridized carbons (Fsp3) is 0.125. The van der Waals surface area contributed by atoms with Gasteiger partial charge >= 0.3 is 0 Å². The van der Waals surface area contributed by atoms with Crippen LogP contribution in [-0.2, 0) is 0 Å². The summed E-state index contributed by atoms with van der Waals surface area (Å²) in [5, 5.41) is 3.46. The second-order valence-electron chi connectivity index (χ2n) is 5.04. The summed E-state index contributed by atoms with van der Waals surface area (Å²) in [6, 6.07) is 9.20. The van der Waals surface area contributed by atoms with Gasteiger partial charge in [0, 0.05) is 16.4 Å². The highest BCUT2D eigenvalue weighted by Crippen LogP contribution is 2.22. The number of aromatic nitrogens is 2. The number of benzene rings is 1. The van der Waals surface area contributed by atoms with Gasteiger partial charge in [0.2, 0.25) is 0 Å². The molecule has 0 saturated heterocycles. The molecule has 0 spiro atoms. The van der Waals surface area contributed by atoms with E-state index in [1.807, 2.05) is 32.0 Å². The predicted molar refractivity (Wildman–Crippen MR) is 91.8 cm³/mol. The van der Waals surface area contributed by atoms with Crippen molar-refractivity contribution in [3.05, 3.63) is 63.0 Å². The molecule has 4 nitrogen and oxygen atoms in total. The first-order chi connectivity index (χ1) is 10.5. The lowest BCUT2D eigenvalue weighted by molar-refractivity contribution is 0.102. The van der Waals surface area contributed by atoms with Gasteiger partial charge < -0.3 is 5.32 Å². The Bertz CT molecular complexity index is 888. The Morgan fingerprint density at radius 2 is 2.05 bits per heavy atom. The first kappa shape index (κ1) is 15.1. The lowest BCUT2D eigenvalue weighted by Crippen LogP contribution is -2.15. The van der Waals surface area contributed by atoms with Crippen molar-refractivity contribution >= 4 is 44.8 Å². The summed E-state index contributed by atoms with van der Waals surface area (Å²) in [4.78, 5) is 17.0. The normalized spacial score (nSPS) is 10.9. The van der Waals surface area contributed by atoms with E-state index in [1.54, 1.807) is 22.7 Å². The van der Waals surface area contributed by atoms with Crippen LogP contribution in [0.2, 0.25) is 5.02 Å². The van der Waals surface area contributed by atoms with Gasteiger partial charge in [-0.3, -0.25) is 9.20 Å². The Morgan fingerprint density at radius 3 is 2.77 bits per heavy atom. The zero-order valence-corrected chi connectivity index (χ0v) is 14.4. The number of hydrogen-bond acceptors (Lipinski definition) is 2. The van der Waals surface area contributed by atoms with Crippen molar-refractivity contribution in [2.24, 2.45) is 0 Å². The van der Waals surface area contributed by atoms with E-state index in [1.165, 1.54) is 0 Å². The van der Waals surface area contributed by atoms with Crippen LogP contribution in [0.5, 0.6) is 0 Å². The van der Waals surface area contributed by atoms with E-state index < -0.39 is 0 Å². The van der Waals surface area contributed by atoms with Crippen LogP contribution in [0.4, 0.5) is 5.69 Å². The Kier molecular flexibility index (Phi) is 3.93. The number of nitrogens with zero attached hydrogens (tertiary/aromatic N) is 2. The predicted octanol–water partition coefficient (Wildman–Crippen LogP) is 4.62. The molecule has 2 heterocycles. The van der Waals surface area contributed by atoms with Crippen molar-refractivity contribution in [2.45, 2.75) is 13.8 Å². The molecular weight excluding hydrogens is 366 g/mol. The summed E-state index contributed by atoms with van der Waals surface area (Å²) in [7, 11) is 0. The molecule has 1 amide bonds. The van der Waals surface area contributed by atoms with Crippen molar-refractivity contribution < 1.29 is 4.79 Å². The van der Waals surface area contributed by atoms with Crippen LogP contribution in [0.1, 0.15) is 21.7 Å². The van der Waals surface area contributed by atoms with Gasteiger partial charge in [-0.1, -0.05) is 27.5 Å². The molecule has 1 aromatic carbocycles. The summed E-state index contributed by atoms with van der Waals surface area (Å²) in [6.07, 6.45) is 1.69. The van der Waals surface area contributed by atoms with E-state index in [0.29, 0.717) is 22.1 Å². The van der Waals surface area contributed by atoms with Crippen molar-refractivity contribution in [3.63, 3.8) is 0 Å². The molecule has 0 aliphatic heterocycles. The monoisotopic (exact) mass is 377 g/mol. The maximum Gasteiger partial charge on any atom is 0.274 e. The number of nitrogens with one attached hydrogen (secondary N) is 1. The van der Waals surface area contributed by atoms with Gasteiger partial charge in [0.1, 0.15) is 11.3 Å². The molecule has 3 aromatic rings. The standard InChI is InChI=1S/C16H13BrClN3O/c1-9-7-12(4-5-13(9)17)20-16(22)15-10(2)19-14-6-3-11(18)8-21(14)15/h3-8H,1-2H3,(H,20,22). The van der Waals surface area contributed by atoms with E-state index in [2.05, 4.69) is 26.2 Å². The Morgan fingerprint density at radius 1 is 1.27 bits per heavy atom. The van der Waals surface area contributed by atoms with Crippen LogP contribution in [0.15, 0.2) is 41.0 Å². The number of amides is 1. The van der Waals surface area contributed by atoms with Crippen LogP contribution < -0.4 is 5.32 Å². The van der Waals surface area contributed by atoms with Crippen LogP contribution in [0.3, 0.4) is 0 Å². The van der Waals surface area contributed by atoms with Crippen LogP contribution in [0.25, 0.3) is 5.65 Å². The summed E-state index contributed by atoms with van der Waals surface area (Å²) in [5.74, 6) is -0.214. The second kappa shape index (κ2) is 5.74. The molecule has 0 unspecified atom stereocenters. The lowest BCUT2D eigenvalue weighted by atomic mass is 10.2. The minimum absolute atomic E-state index is 0.214. The average molecular weight is 379 g/mol. The van der Waals surface area contributed by atoms with Gasteiger partial charge in [0.15, 0.2) is 0 Å². The minimum Gasteiger partial charge on any atom is -0.321 e. The summed E-state index contributed by atoms with van der Waals surface area (Å²) >= 11 is 9.46. The number of hydrogen-bond donors (Lipinski definition) is 1. The number of rotatable bonds is 2. The zero-order valence-electron chi connectivity index (χ0n) is 12.0. The van der Waals surface area contributed by atoms with E-state index in [4.69, 9.17) is 11.6 Å². The van der Waals surface area contributed by atoms with Gasteiger partial charge in [-0.15, -0.1) is 0 Å². The molecule has 3 rings (SSSR count). The van der Waals surface area contributed by atoms with Gasteiger partial charge in [0.25, 0.3) is 5.91 Å². The molecule has 0 radical (unpaired) electrons. The van der Waals surface area contributed by atoms with E-state index in [9.17, 15) is 4.79 Å². The molecule has 0 atom stereocenters. The molecule has 6 heteroatoms. The van der Waals surface area contributed by atoms with Crippen molar-refractivity contribution in [1.82, 2.24) is 9.38 Å². The summed E-state index contributed by atoms with van der Waals surface area (Å²) in [6.45, 7) is 3.78. The highest BCUT2D eigenvalue weighted by Gasteiger charge is 2.17. The fourth-order valence-electron chi connectivity index (χ4n) is 2.32. The highest BCUT2D eigenvalue weighted by atomic mass is 79.9. The number of pyridine rings is 1. The van der Waals surface area contributed by atoms with Gasteiger partial charge in [-0.05, 0) is 49.7 Å². The van der Waals surface area contributed by atoms with Crippen molar-refractivity contribution in [1.29, 1.82) is 0 Å². The molecule has 112 valence electrons. The molecule has 22 heavy (non-hydrogen) atoms. The lowest BCUT2D eigenvalue weighted by Gasteiger charge is -2.08. The summed E-state index contributed by atoms with van der Waals surface area (Å²) in [5.41, 5.74) is 3.63. The third kappa shape index (κ3) is 2.74. The Labute approximate surface area is 141 Å². The largest absolute Gasteiger partial charge is 0.321 e. The molecular formula is C16H13BrClN3O. The number of halogens is 2. The SMILES string of the molecule is Cc1cc(NC(=O)c2c(C)nc3ccc(Cl)cn23)ccc1Br. The van der Waals surface area contributed by atoms with Gasteiger partial charge in [-0.2, -0.15) is 0 Å². The third-order valence-corrected chi connectivity index (χ3v) is 4.50. The molecule has 1 N–H and O–H groups in total. The number of aryl methyl sites for hydroxylation is 2. The van der Waals surface area contributed by atoms with E-state index >= 15 is 0 Å². The maximum atomic E-state index is 12.6. The Balaban J connectivity index is 2.00. The first-order valence-electron chi connectivity index (χ1n) is 6.67. The number of anilines is 1. The van der Waals surface area contributed by atoms with E-state index in [0.717, 1.165) is 15.7 Å². The first-order valence-corrected chi connectivity index (χ1v) is 7.84. The molecule has 0 aliphatic carbocycles. The van der Waals surface area contributed by atoms with Gasteiger partial charge in [-0.25, -0.2) is 4.98 Å². The van der Waals surface area contributed by atoms with Crippen LogP contribution in [-0.4, -0.2) is 15.3 Å². The quantitative estimate of drug-likeness (QED) is 0.707. The van der Waals surface area contributed by atoms with Gasteiger partial charge in [0.05, 0.1) is 10.7 Å². The fourth-order valence-corrected chi connectivity index (χ4v) is 2.73. The number of fused-ring (bicyclic) bond motifs is 1. The number of imidazole rings is 1. The Hall–Kier alpha value is -1.85. The maximum absolute atomic E-state index is 12.6. The van der Waals surface area contributed by atoms with Crippen molar-refractivity contribution in [3.8, 4) is 0 Å². The smallest absolute Gasteiger partial charge is 0.274 e. The number of carbonyl (C=O) groups excluding carboxylic acids is 1. The van der Waals surface area contributed by atoms with Crippen LogP contribution in [0, 0.1) is 13.8 Å². The van der Waals surface area contributed by atoms with E-state index in [-0.39, 0.29) is 5.91 Å².